The van der Waals surface area contributed by atoms with Gasteiger partial charge in [0.05, 0.1) is 33.3 Å². The molecule has 12 heteroatoms. The van der Waals surface area contributed by atoms with Crippen LogP contribution in [0.3, 0.4) is 0 Å². The highest BCUT2D eigenvalue weighted by Gasteiger charge is 2.39. The molecule has 3 fully saturated rings. The van der Waals surface area contributed by atoms with Crippen LogP contribution in [0.2, 0.25) is 10.0 Å². The van der Waals surface area contributed by atoms with Crippen LogP contribution in [0.15, 0.2) is 12.3 Å². The first kappa shape index (κ1) is 32.4. The van der Waals surface area contributed by atoms with Gasteiger partial charge in [0.1, 0.15) is 5.60 Å². The number of likely N-dealkylation sites (tertiary alicyclic amines) is 1. The molecule has 2 aromatic heterocycles. The zero-order chi connectivity index (χ0) is 32.1. The molecule has 1 aromatic carbocycles. The number of ether oxygens (including phenoxy) is 2. The van der Waals surface area contributed by atoms with E-state index in [1.54, 1.807) is 0 Å². The molecule has 3 saturated heterocycles. The first-order valence-electron chi connectivity index (χ1n) is 16.4. The lowest BCUT2D eigenvalue weighted by Crippen LogP contribution is -2.60. The van der Waals surface area contributed by atoms with E-state index in [0.717, 1.165) is 98.3 Å². The average Bonchev–Trinajstić information content (AvgIpc) is 3.58. The minimum atomic E-state index is -0.524. The number of benzene rings is 1. The zero-order valence-corrected chi connectivity index (χ0v) is 29.0. The van der Waals surface area contributed by atoms with Gasteiger partial charge in [-0.15, -0.1) is 0 Å². The van der Waals surface area contributed by atoms with Crippen LogP contribution in [0.4, 0.5) is 10.6 Å². The van der Waals surface area contributed by atoms with Crippen molar-refractivity contribution < 1.29 is 14.3 Å². The van der Waals surface area contributed by atoms with E-state index in [-0.39, 0.29) is 23.9 Å². The molecule has 45 heavy (non-hydrogen) atoms. The Labute approximate surface area is 276 Å². The Morgan fingerprint density at radius 3 is 2.56 bits per heavy atom. The first-order chi connectivity index (χ1) is 21.4. The van der Waals surface area contributed by atoms with Crippen molar-refractivity contribution in [2.24, 2.45) is 0 Å². The molecule has 3 aliphatic heterocycles. The van der Waals surface area contributed by atoms with Crippen LogP contribution in [-0.2, 0) is 9.47 Å². The minimum Gasteiger partial charge on any atom is -0.444 e. The second-order valence-electron chi connectivity index (χ2n) is 14.0. The van der Waals surface area contributed by atoms with Crippen molar-refractivity contribution >= 4 is 46.0 Å². The number of rotatable bonds is 5. The summed E-state index contributed by atoms with van der Waals surface area (Å²) >= 11 is 14.1. The van der Waals surface area contributed by atoms with Gasteiger partial charge in [0.25, 0.3) is 0 Å². The largest absolute Gasteiger partial charge is 0.444 e. The van der Waals surface area contributed by atoms with Gasteiger partial charge in [-0.2, -0.15) is 10.2 Å². The van der Waals surface area contributed by atoms with E-state index in [0.29, 0.717) is 23.1 Å². The third-order valence-corrected chi connectivity index (χ3v) is 10.5. The van der Waals surface area contributed by atoms with Crippen molar-refractivity contribution in [1.82, 2.24) is 29.8 Å². The summed E-state index contributed by atoms with van der Waals surface area (Å²) in [5.41, 5.74) is 3.14. The van der Waals surface area contributed by atoms with E-state index in [1.807, 2.05) is 42.6 Å². The number of aromatic nitrogens is 4. The smallest absolute Gasteiger partial charge is 0.410 e. The number of nitrogens with one attached hydrogen (secondary N) is 1. The fourth-order valence-electron chi connectivity index (χ4n) is 7.07. The molecule has 0 radical (unpaired) electrons. The van der Waals surface area contributed by atoms with E-state index in [9.17, 15) is 4.79 Å². The maximum Gasteiger partial charge on any atom is 0.410 e. The summed E-state index contributed by atoms with van der Waals surface area (Å²) in [6.07, 6.45) is 7.10. The zero-order valence-electron chi connectivity index (χ0n) is 27.5. The number of amides is 1. The Morgan fingerprint density at radius 2 is 1.89 bits per heavy atom. The maximum absolute atomic E-state index is 12.8. The lowest BCUT2D eigenvalue weighted by atomic mass is 9.92. The van der Waals surface area contributed by atoms with Gasteiger partial charge < -0.3 is 24.6 Å². The van der Waals surface area contributed by atoms with Gasteiger partial charge in [0.2, 0.25) is 0 Å². The lowest BCUT2D eigenvalue weighted by Gasteiger charge is -2.45. The number of halogens is 2. The SMILES string of the molecule is CC[C@@]1(C)CNCCN1c1nn(C2CCN(C(=O)OC(C)(C)C)CC2)c(C)c1-c1c(Cl)c(Cl)cc2c1cnn2C1CCCCO1. The van der Waals surface area contributed by atoms with Crippen LogP contribution in [0.5, 0.6) is 0 Å². The maximum atomic E-state index is 12.8. The Morgan fingerprint density at radius 1 is 1.13 bits per heavy atom. The van der Waals surface area contributed by atoms with Gasteiger partial charge in [-0.3, -0.25) is 4.68 Å². The van der Waals surface area contributed by atoms with Crippen molar-refractivity contribution in [3.63, 3.8) is 0 Å². The molecule has 0 bridgehead atoms. The fourth-order valence-corrected chi connectivity index (χ4v) is 7.52. The Balaban J connectivity index is 1.45. The monoisotopic (exact) mass is 659 g/mol. The molecule has 3 aromatic rings. The van der Waals surface area contributed by atoms with Gasteiger partial charge in [-0.25, -0.2) is 9.48 Å². The summed E-state index contributed by atoms with van der Waals surface area (Å²) in [5, 5.41) is 15.8. The Hall–Kier alpha value is -2.53. The van der Waals surface area contributed by atoms with Crippen molar-refractivity contribution in [1.29, 1.82) is 0 Å². The predicted octanol–water partition coefficient (Wildman–Crippen LogP) is 7.36. The van der Waals surface area contributed by atoms with E-state index in [2.05, 4.69) is 35.7 Å². The molecule has 1 N–H and O–H groups in total. The Bertz CT molecular complexity index is 1550. The molecule has 246 valence electrons. The van der Waals surface area contributed by atoms with Crippen molar-refractivity contribution in [3.8, 4) is 11.1 Å². The van der Waals surface area contributed by atoms with E-state index in [4.69, 9.17) is 42.9 Å². The summed E-state index contributed by atoms with van der Waals surface area (Å²) < 4.78 is 15.9. The molecular weight excluding hydrogens is 613 g/mol. The predicted molar refractivity (Wildman–Crippen MR) is 180 cm³/mol. The highest BCUT2D eigenvalue weighted by atomic mass is 35.5. The standard InChI is InChI=1S/C33H47Cl2N7O3/c1-7-33(6)20-36-13-16-40(33)30-27(21(2)41(38-30)22-11-14-39(15-12-22)31(43)45-32(3,4)5)28-23-19-37-42(26-10-8-9-17-44-26)25(23)18-24(34)29(28)35/h18-19,22,26,36H,7-17,20H2,1-6H3/t26?,33-/m0/s1. The van der Waals surface area contributed by atoms with Gasteiger partial charge in [0, 0.05) is 61.5 Å². The number of piperazine rings is 1. The summed E-state index contributed by atoms with van der Waals surface area (Å²) in [5.74, 6) is 0.917. The van der Waals surface area contributed by atoms with Crippen LogP contribution >= 0.6 is 23.2 Å². The van der Waals surface area contributed by atoms with Crippen LogP contribution in [0.25, 0.3) is 22.0 Å². The summed E-state index contributed by atoms with van der Waals surface area (Å²) in [6, 6.07) is 2.04. The molecule has 2 atom stereocenters. The van der Waals surface area contributed by atoms with Gasteiger partial charge in [-0.05, 0) is 79.2 Å². The normalized spacial score (nSPS) is 23.6. The number of hydrogen-bond acceptors (Lipinski definition) is 7. The molecule has 10 nitrogen and oxygen atoms in total. The molecule has 0 aliphatic carbocycles. The Kier molecular flexibility index (Phi) is 9.06. The van der Waals surface area contributed by atoms with Gasteiger partial charge in [0.15, 0.2) is 12.0 Å². The minimum absolute atomic E-state index is 0.124. The highest BCUT2D eigenvalue weighted by molar-refractivity contribution is 6.45. The second kappa shape index (κ2) is 12.6. The van der Waals surface area contributed by atoms with Gasteiger partial charge in [-0.1, -0.05) is 30.1 Å². The fraction of sp³-hybridized carbons (Fsp3) is 0.667. The van der Waals surface area contributed by atoms with Crippen molar-refractivity contribution in [3.05, 3.63) is 28.0 Å². The van der Waals surface area contributed by atoms with Crippen LogP contribution in [0, 0.1) is 6.92 Å². The van der Waals surface area contributed by atoms with Crippen LogP contribution in [-0.4, -0.2) is 81.0 Å². The quantitative estimate of drug-likeness (QED) is 0.306. The van der Waals surface area contributed by atoms with Gasteiger partial charge >= 0.3 is 6.09 Å². The molecule has 5 heterocycles. The molecule has 1 unspecified atom stereocenters. The number of nitrogens with zero attached hydrogens (tertiary/aromatic N) is 6. The average molecular weight is 661 g/mol. The number of anilines is 1. The van der Waals surface area contributed by atoms with E-state index in [1.165, 1.54) is 0 Å². The number of piperidine rings is 1. The molecule has 0 spiro atoms. The molecule has 1 amide bonds. The number of carbonyl (C=O) groups is 1. The number of hydrogen-bond donors (Lipinski definition) is 1. The second-order valence-corrected chi connectivity index (χ2v) is 14.8. The first-order valence-corrected chi connectivity index (χ1v) is 17.2. The number of fused-ring (bicyclic) bond motifs is 1. The third-order valence-electron chi connectivity index (χ3n) is 9.75. The molecular formula is C33H47Cl2N7O3. The summed E-state index contributed by atoms with van der Waals surface area (Å²) in [4.78, 5) is 17.1. The van der Waals surface area contributed by atoms with Crippen molar-refractivity contribution in [2.45, 2.75) is 103 Å². The van der Waals surface area contributed by atoms with Crippen LogP contribution < -0.4 is 10.2 Å². The summed E-state index contributed by atoms with van der Waals surface area (Å²) in [6.45, 7) is 16.9. The van der Waals surface area contributed by atoms with E-state index < -0.39 is 5.60 Å². The molecule has 3 aliphatic rings. The molecule has 6 rings (SSSR count). The lowest BCUT2D eigenvalue weighted by molar-refractivity contribution is -0.0366. The highest BCUT2D eigenvalue weighted by Crippen LogP contribution is 2.48. The van der Waals surface area contributed by atoms with Crippen molar-refractivity contribution in [2.75, 3.05) is 44.2 Å². The summed E-state index contributed by atoms with van der Waals surface area (Å²) in [7, 11) is 0. The number of carbonyl (C=O) groups excluding carboxylic acids is 1. The topological polar surface area (TPSA) is 89.7 Å². The van der Waals surface area contributed by atoms with Crippen LogP contribution in [0.1, 0.15) is 91.1 Å². The van der Waals surface area contributed by atoms with E-state index >= 15 is 0 Å². The molecule has 0 saturated carbocycles. The third kappa shape index (κ3) is 6.15.